The van der Waals surface area contributed by atoms with Crippen LogP contribution in [-0.2, 0) is 11.2 Å². The molecule has 1 saturated heterocycles. The van der Waals surface area contributed by atoms with Gasteiger partial charge in [-0.2, -0.15) is 0 Å². The highest BCUT2D eigenvalue weighted by Crippen LogP contribution is 2.33. The summed E-state index contributed by atoms with van der Waals surface area (Å²) in [5, 5.41) is 4.39. The molecule has 1 aliphatic heterocycles. The molecule has 3 rings (SSSR count). The summed E-state index contributed by atoms with van der Waals surface area (Å²) in [7, 11) is 1.93. The van der Waals surface area contributed by atoms with Gasteiger partial charge in [0, 0.05) is 31.6 Å². The number of hydrogen-bond acceptors (Lipinski definition) is 5. The number of thiophene rings is 1. The van der Waals surface area contributed by atoms with Crippen LogP contribution in [0, 0.1) is 19.8 Å². The van der Waals surface area contributed by atoms with Gasteiger partial charge in [0.2, 0.25) is 0 Å². The first-order valence-corrected chi connectivity index (χ1v) is 7.52. The molecule has 0 bridgehead atoms. The van der Waals surface area contributed by atoms with Crippen LogP contribution in [0.2, 0.25) is 0 Å². The molecule has 0 spiro atoms. The van der Waals surface area contributed by atoms with Crippen LogP contribution in [-0.4, -0.2) is 30.2 Å². The molecule has 19 heavy (non-hydrogen) atoms. The molecule has 1 unspecified atom stereocenters. The zero-order valence-electron chi connectivity index (χ0n) is 11.6. The first-order chi connectivity index (χ1) is 9.19. The molecule has 0 amide bonds. The van der Waals surface area contributed by atoms with E-state index in [0.29, 0.717) is 5.92 Å². The fraction of sp³-hybridized carbons (Fsp3) is 0.571. The van der Waals surface area contributed by atoms with Crippen molar-refractivity contribution in [3.63, 3.8) is 0 Å². The van der Waals surface area contributed by atoms with E-state index in [1.165, 1.54) is 15.8 Å². The number of anilines is 1. The molecule has 0 aliphatic carbocycles. The monoisotopic (exact) mass is 277 g/mol. The van der Waals surface area contributed by atoms with Gasteiger partial charge in [-0.05, 0) is 31.7 Å². The van der Waals surface area contributed by atoms with E-state index in [0.717, 1.165) is 42.5 Å². The zero-order valence-corrected chi connectivity index (χ0v) is 12.4. The van der Waals surface area contributed by atoms with E-state index >= 15 is 0 Å². The molecule has 2 aromatic rings. The molecule has 0 aromatic carbocycles. The van der Waals surface area contributed by atoms with Crippen LogP contribution in [0.3, 0.4) is 0 Å². The van der Waals surface area contributed by atoms with Crippen LogP contribution >= 0.6 is 11.3 Å². The Kier molecular flexibility index (Phi) is 3.41. The second-order valence-electron chi connectivity index (χ2n) is 5.14. The molecule has 5 heteroatoms. The van der Waals surface area contributed by atoms with Gasteiger partial charge >= 0.3 is 0 Å². The number of rotatable bonds is 3. The Hall–Kier alpha value is -1.20. The summed E-state index contributed by atoms with van der Waals surface area (Å²) in [5.41, 5.74) is 1.29. The largest absolute Gasteiger partial charge is 0.381 e. The van der Waals surface area contributed by atoms with E-state index in [2.05, 4.69) is 24.1 Å². The summed E-state index contributed by atoms with van der Waals surface area (Å²) in [6.07, 6.45) is 2.04. The fourth-order valence-electron chi connectivity index (χ4n) is 2.57. The Morgan fingerprint density at radius 1 is 1.37 bits per heavy atom. The lowest BCUT2D eigenvalue weighted by atomic mass is 10.0. The minimum absolute atomic E-state index is 0.573. The average molecular weight is 277 g/mol. The summed E-state index contributed by atoms with van der Waals surface area (Å²) in [4.78, 5) is 11.8. The summed E-state index contributed by atoms with van der Waals surface area (Å²) in [6.45, 7) is 6.01. The van der Waals surface area contributed by atoms with Crippen molar-refractivity contribution in [1.82, 2.24) is 9.97 Å². The normalized spacial score (nSPS) is 19.2. The van der Waals surface area contributed by atoms with Crippen LogP contribution in [0.4, 0.5) is 5.82 Å². The molecule has 3 heterocycles. The van der Waals surface area contributed by atoms with Gasteiger partial charge in [-0.25, -0.2) is 9.97 Å². The maximum atomic E-state index is 5.43. The van der Waals surface area contributed by atoms with Gasteiger partial charge in [0.25, 0.3) is 0 Å². The zero-order chi connectivity index (χ0) is 13.4. The van der Waals surface area contributed by atoms with Crippen LogP contribution < -0.4 is 5.32 Å². The summed E-state index contributed by atoms with van der Waals surface area (Å²) >= 11 is 1.76. The van der Waals surface area contributed by atoms with Crippen LogP contribution in [0.5, 0.6) is 0 Å². The van der Waals surface area contributed by atoms with Crippen molar-refractivity contribution in [2.75, 3.05) is 25.6 Å². The van der Waals surface area contributed by atoms with Gasteiger partial charge in [-0.15, -0.1) is 11.3 Å². The molecular weight excluding hydrogens is 258 g/mol. The van der Waals surface area contributed by atoms with Crippen molar-refractivity contribution in [1.29, 1.82) is 0 Å². The fourth-order valence-corrected chi connectivity index (χ4v) is 3.62. The van der Waals surface area contributed by atoms with Crippen molar-refractivity contribution in [3.8, 4) is 0 Å². The molecule has 1 aliphatic rings. The predicted molar refractivity (Wildman–Crippen MR) is 79.1 cm³/mol. The highest BCUT2D eigenvalue weighted by molar-refractivity contribution is 7.18. The van der Waals surface area contributed by atoms with E-state index in [4.69, 9.17) is 9.72 Å². The van der Waals surface area contributed by atoms with Crippen molar-refractivity contribution in [2.45, 2.75) is 26.7 Å². The van der Waals surface area contributed by atoms with Crippen molar-refractivity contribution < 1.29 is 4.74 Å². The second kappa shape index (κ2) is 5.06. The summed E-state index contributed by atoms with van der Waals surface area (Å²) in [6, 6.07) is 0. The van der Waals surface area contributed by atoms with Gasteiger partial charge in [-0.3, -0.25) is 0 Å². The molecule has 0 radical (unpaired) electrons. The lowest BCUT2D eigenvalue weighted by molar-refractivity contribution is 0.185. The van der Waals surface area contributed by atoms with Gasteiger partial charge in [0.1, 0.15) is 16.5 Å². The summed E-state index contributed by atoms with van der Waals surface area (Å²) < 4.78 is 5.43. The van der Waals surface area contributed by atoms with Gasteiger partial charge < -0.3 is 10.1 Å². The molecular formula is C14H19N3OS. The predicted octanol–water partition coefficient (Wildman–Crippen LogP) is 2.93. The Balaban J connectivity index is 2.01. The third kappa shape index (κ3) is 2.32. The number of hydrogen-bond donors (Lipinski definition) is 1. The maximum absolute atomic E-state index is 5.43. The number of aromatic nitrogens is 2. The number of nitrogens with zero attached hydrogens (tertiary/aromatic N) is 2. The van der Waals surface area contributed by atoms with Gasteiger partial charge in [0.05, 0.1) is 5.39 Å². The van der Waals surface area contributed by atoms with E-state index in [-0.39, 0.29) is 0 Å². The molecule has 4 nitrogen and oxygen atoms in total. The van der Waals surface area contributed by atoms with Crippen molar-refractivity contribution >= 4 is 27.4 Å². The van der Waals surface area contributed by atoms with E-state index < -0.39 is 0 Å². The summed E-state index contributed by atoms with van der Waals surface area (Å²) in [5.74, 6) is 2.47. The number of nitrogens with one attached hydrogen (secondary N) is 1. The maximum Gasteiger partial charge on any atom is 0.138 e. The van der Waals surface area contributed by atoms with Gasteiger partial charge in [-0.1, -0.05) is 0 Å². The first kappa shape index (κ1) is 12.8. The van der Waals surface area contributed by atoms with E-state index in [1.807, 2.05) is 7.05 Å². The number of aryl methyl sites for hydroxylation is 2. The Morgan fingerprint density at radius 2 is 2.21 bits per heavy atom. The van der Waals surface area contributed by atoms with Crippen LogP contribution in [0.1, 0.15) is 22.7 Å². The standard InChI is InChI=1S/C14H19N3OS/c1-8-9(2)19-14-12(8)13(15-3)16-11(17-14)6-10-4-5-18-7-10/h10H,4-7H2,1-3H3,(H,15,16,17). The Morgan fingerprint density at radius 3 is 2.89 bits per heavy atom. The van der Waals surface area contributed by atoms with Crippen LogP contribution in [0.15, 0.2) is 0 Å². The van der Waals surface area contributed by atoms with E-state index in [9.17, 15) is 0 Å². The van der Waals surface area contributed by atoms with E-state index in [1.54, 1.807) is 11.3 Å². The molecule has 0 saturated carbocycles. The molecule has 102 valence electrons. The minimum Gasteiger partial charge on any atom is -0.381 e. The lowest BCUT2D eigenvalue weighted by Crippen LogP contribution is -2.08. The van der Waals surface area contributed by atoms with Crippen molar-refractivity contribution in [2.24, 2.45) is 5.92 Å². The minimum atomic E-state index is 0.573. The molecule has 1 N–H and O–H groups in total. The first-order valence-electron chi connectivity index (χ1n) is 6.71. The Bertz CT molecular complexity index is 602. The number of fused-ring (bicyclic) bond motifs is 1. The van der Waals surface area contributed by atoms with Crippen LogP contribution in [0.25, 0.3) is 10.2 Å². The molecule has 1 atom stereocenters. The third-order valence-electron chi connectivity index (χ3n) is 3.81. The average Bonchev–Trinajstić information content (AvgIpc) is 2.98. The quantitative estimate of drug-likeness (QED) is 0.937. The highest BCUT2D eigenvalue weighted by Gasteiger charge is 2.19. The molecule has 2 aromatic heterocycles. The second-order valence-corrected chi connectivity index (χ2v) is 6.34. The third-order valence-corrected chi connectivity index (χ3v) is 4.91. The molecule has 1 fully saturated rings. The highest BCUT2D eigenvalue weighted by atomic mass is 32.1. The van der Waals surface area contributed by atoms with Gasteiger partial charge in [0.15, 0.2) is 0 Å². The topological polar surface area (TPSA) is 47.0 Å². The SMILES string of the molecule is CNc1nc(CC2CCOC2)nc2sc(C)c(C)c12. The Labute approximate surface area is 117 Å². The number of ether oxygens (including phenoxy) is 1. The van der Waals surface area contributed by atoms with Crippen molar-refractivity contribution in [3.05, 3.63) is 16.3 Å². The lowest BCUT2D eigenvalue weighted by Gasteiger charge is -2.09. The smallest absolute Gasteiger partial charge is 0.138 e.